The molecule has 2 aromatic rings. The topological polar surface area (TPSA) is 127 Å². The lowest BCUT2D eigenvalue weighted by Crippen LogP contribution is -2.19. The molecule has 0 unspecified atom stereocenters. The summed E-state index contributed by atoms with van der Waals surface area (Å²) < 4.78 is 41.6. The number of ether oxygens (including phenoxy) is 2. The summed E-state index contributed by atoms with van der Waals surface area (Å²) in [5.41, 5.74) is -0.0772. The van der Waals surface area contributed by atoms with Crippen molar-refractivity contribution in [3.8, 4) is 11.5 Å². The Morgan fingerprint density at radius 3 is 2.27 bits per heavy atom. The number of hydrogen-bond donors (Lipinski definition) is 2. The fourth-order valence-electron chi connectivity index (χ4n) is 1.76. The van der Waals surface area contributed by atoms with Gasteiger partial charge in [-0.05, 0) is 81.6 Å². The summed E-state index contributed by atoms with van der Waals surface area (Å²) in [5, 5.41) is 9.89. The molecule has 8 nitrogen and oxygen atoms in total. The number of carbonyl (C=O) groups is 2. The SMILES string of the molecule is O=C(COC(=O)c1cc(I)cc(I)c1O)Oc1ccc(S(=O)(=O)O)cc1. The van der Waals surface area contributed by atoms with Crippen molar-refractivity contribution in [2.24, 2.45) is 0 Å². The molecule has 2 N–H and O–H groups in total. The van der Waals surface area contributed by atoms with E-state index in [1.807, 2.05) is 45.2 Å². The molecule has 0 fully saturated rings. The largest absolute Gasteiger partial charge is 0.506 e. The molecule has 2 rings (SSSR count). The maximum atomic E-state index is 12.0. The van der Waals surface area contributed by atoms with E-state index >= 15 is 0 Å². The number of esters is 2. The second-order valence-electron chi connectivity index (χ2n) is 4.78. The molecule has 0 aliphatic carbocycles. The van der Waals surface area contributed by atoms with Crippen molar-refractivity contribution >= 4 is 67.2 Å². The van der Waals surface area contributed by atoms with Crippen LogP contribution in [0.15, 0.2) is 41.3 Å². The molecular formula is C15H10I2O8S. The molecule has 0 aliphatic rings. The van der Waals surface area contributed by atoms with E-state index in [-0.39, 0.29) is 22.0 Å². The first-order chi connectivity index (χ1) is 12.1. The van der Waals surface area contributed by atoms with Gasteiger partial charge in [0, 0.05) is 3.57 Å². The zero-order chi connectivity index (χ0) is 19.5. The van der Waals surface area contributed by atoms with Crippen molar-refractivity contribution in [1.29, 1.82) is 0 Å². The van der Waals surface area contributed by atoms with Crippen molar-refractivity contribution in [2.45, 2.75) is 4.90 Å². The summed E-state index contributed by atoms with van der Waals surface area (Å²) in [6.07, 6.45) is 0. The normalized spacial score (nSPS) is 11.0. The van der Waals surface area contributed by atoms with Crippen molar-refractivity contribution in [3.63, 3.8) is 0 Å². The Hall–Kier alpha value is -1.45. The van der Waals surface area contributed by atoms with Gasteiger partial charge in [0.15, 0.2) is 6.61 Å². The van der Waals surface area contributed by atoms with Crippen LogP contribution in [-0.2, 0) is 19.6 Å². The fourth-order valence-corrected chi connectivity index (χ4v) is 4.09. The van der Waals surface area contributed by atoms with Gasteiger partial charge in [-0.25, -0.2) is 9.59 Å². The van der Waals surface area contributed by atoms with Gasteiger partial charge in [-0.2, -0.15) is 8.42 Å². The predicted molar refractivity (Wildman–Crippen MR) is 106 cm³/mol. The van der Waals surface area contributed by atoms with Crippen molar-refractivity contribution in [3.05, 3.63) is 49.1 Å². The highest BCUT2D eigenvalue weighted by molar-refractivity contribution is 14.1. The Morgan fingerprint density at radius 1 is 1.08 bits per heavy atom. The second-order valence-corrected chi connectivity index (χ2v) is 8.61. The molecule has 0 saturated carbocycles. The molecular weight excluding hydrogens is 594 g/mol. The summed E-state index contributed by atoms with van der Waals surface area (Å²) in [6, 6.07) is 7.51. The Labute approximate surface area is 175 Å². The highest BCUT2D eigenvalue weighted by Gasteiger charge is 2.18. The van der Waals surface area contributed by atoms with E-state index in [0.29, 0.717) is 7.14 Å². The minimum absolute atomic E-state index is 0.00473. The molecule has 0 bridgehead atoms. The molecule has 0 heterocycles. The summed E-state index contributed by atoms with van der Waals surface area (Å²) in [7, 11) is -4.35. The summed E-state index contributed by atoms with van der Waals surface area (Å²) in [6.45, 7) is -0.708. The standard InChI is InChI=1S/C15H10I2O8S/c16-8-5-11(14(19)12(17)6-8)15(20)24-7-13(18)25-9-1-3-10(4-2-9)26(21,22)23/h1-6,19H,7H2,(H,21,22,23). The van der Waals surface area contributed by atoms with Crippen LogP contribution in [-0.4, -0.2) is 36.6 Å². The van der Waals surface area contributed by atoms with Crippen LogP contribution in [0, 0.1) is 7.14 Å². The number of phenols is 1. The minimum Gasteiger partial charge on any atom is -0.506 e. The Kier molecular flexibility index (Phi) is 6.81. The Morgan fingerprint density at radius 2 is 1.69 bits per heavy atom. The van der Waals surface area contributed by atoms with E-state index in [1.165, 1.54) is 6.07 Å². The van der Waals surface area contributed by atoms with Crippen LogP contribution in [0.25, 0.3) is 0 Å². The van der Waals surface area contributed by atoms with E-state index in [9.17, 15) is 23.1 Å². The van der Waals surface area contributed by atoms with E-state index in [2.05, 4.69) is 0 Å². The van der Waals surface area contributed by atoms with Gasteiger partial charge in [0.1, 0.15) is 17.1 Å². The van der Waals surface area contributed by atoms with Gasteiger partial charge in [-0.15, -0.1) is 0 Å². The number of phenolic OH excluding ortho intramolecular Hbond substituents is 1. The molecule has 0 atom stereocenters. The first kappa shape index (κ1) is 20.9. The zero-order valence-electron chi connectivity index (χ0n) is 12.7. The number of rotatable bonds is 5. The lowest BCUT2D eigenvalue weighted by molar-refractivity contribution is -0.137. The lowest BCUT2D eigenvalue weighted by Gasteiger charge is -2.08. The molecule has 0 spiro atoms. The highest BCUT2D eigenvalue weighted by atomic mass is 127. The molecule has 0 radical (unpaired) electrons. The molecule has 2 aromatic carbocycles. The van der Waals surface area contributed by atoms with Crippen LogP contribution < -0.4 is 4.74 Å². The van der Waals surface area contributed by atoms with Crippen molar-refractivity contribution < 1.29 is 37.1 Å². The average molecular weight is 604 g/mol. The van der Waals surface area contributed by atoms with Crippen molar-refractivity contribution in [2.75, 3.05) is 6.61 Å². The van der Waals surface area contributed by atoms with Crippen LogP contribution in [0.2, 0.25) is 0 Å². The molecule has 26 heavy (non-hydrogen) atoms. The molecule has 0 aliphatic heterocycles. The quantitative estimate of drug-likeness (QED) is 0.231. The van der Waals surface area contributed by atoms with E-state index in [4.69, 9.17) is 14.0 Å². The third-order valence-electron chi connectivity index (χ3n) is 2.92. The predicted octanol–water partition coefficient (Wildman–Crippen LogP) is 2.61. The number of hydrogen-bond acceptors (Lipinski definition) is 7. The van der Waals surface area contributed by atoms with Gasteiger partial charge in [0.05, 0.1) is 8.47 Å². The van der Waals surface area contributed by atoms with E-state index in [1.54, 1.807) is 6.07 Å². The zero-order valence-corrected chi connectivity index (χ0v) is 17.8. The average Bonchev–Trinajstić information content (AvgIpc) is 2.55. The molecule has 0 amide bonds. The molecule has 11 heteroatoms. The van der Waals surface area contributed by atoms with Crippen LogP contribution >= 0.6 is 45.2 Å². The minimum atomic E-state index is -4.35. The smallest absolute Gasteiger partial charge is 0.349 e. The number of benzene rings is 2. The highest BCUT2D eigenvalue weighted by Crippen LogP contribution is 2.27. The summed E-state index contributed by atoms with van der Waals surface area (Å²) >= 11 is 3.83. The second kappa shape index (κ2) is 8.49. The van der Waals surface area contributed by atoms with Crippen LogP contribution in [0.5, 0.6) is 11.5 Å². The van der Waals surface area contributed by atoms with Crippen LogP contribution in [0.3, 0.4) is 0 Å². The number of aromatic hydroxyl groups is 1. The Bertz CT molecular complexity index is 954. The van der Waals surface area contributed by atoms with E-state index < -0.39 is 28.7 Å². The summed E-state index contributed by atoms with van der Waals surface area (Å²) in [4.78, 5) is 23.4. The van der Waals surface area contributed by atoms with Gasteiger partial charge in [0.2, 0.25) is 0 Å². The Balaban J connectivity index is 1.98. The van der Waals surface area contributed by atoms with Crippen LogP contribution in [0.1, 0.15) is 10.4 Å². The lowest BCUT2D eigenvalue weighted by atomic mass is 10.2. The third kappa shape index (κ3) is 5.52. The first-order valence-corrected chi connectivity index (χ1v) is 10.3. The van der Waals surface area contributed by atoms with Crippen molar-refractivity contribution in [1.82, 2.24) is 0 Å². The third-order valence-corrected chi connectivity index (χ3v) is 5.24. The maximum absolute atomic E-state index is 12.0. The number of halogens is 2. The fraction of sp³-hybridized carbons (Fsp3) is 0.0667. The molecule has 0 saturated heterocycles. The molecule has 0 aromatic heterocycles. The maximum Gasteiger partial charge on any atom is 0.349 e. The van der Waals surface area contributed by atoms with Gasteiger partial charge in [-0.1, -0.05) is 0 Å². The van der Waals surface area contributed by atoms with Gasteiger partial charge in [-0.3, -0.25) is 4.55 Å². The molecule has 138 valence electrons. The number of carbonyl (C=O) groups excluding carboxylic acids is 2. The van der Waals surface area contributed by atoms with Gasteiger partial charge < -0.3 is 14.6 Å². The monoisotopic (exact) mass is 604 g/mol. The summed E-state index contributed by atoms with van der Waals surface area (Å²) in [5.74, 6) is -2.04. The van der Waals surface area contributed by atoms with Gasteiger partial charge >= 0.3 is 11.9 Å². The van der Waals surface area contributed by atoms with E-state index in [0.717, 1.165) is 24.3 Å². The first-order valence-electron chi connectivity index (χ1n) is 6.71. The van der Waals surface area contributed by atoms with Crippen LogP contribution in [0.4, 0.5) is 0 Å². The van der Waals surface area contributed by atoms with Gasteiger partial charge in [0.25, 0.3) is 10.1 Å².